The number of halogens is 3. The van der Waals surface area contributed by atoms with Crippen LogP contribution < -0.4 is 20.3 Å². The highest BCUT2D eigenvalue weighted by molar-refractivity contribution is 6.35. The number of amides is 2. The molecule has 56 heavy (non-hydrogen) atoms. The molecule has 1 fully saturated rings. The summed E-state index contributed by atoms with van der Waals surface area (Å²) in [4.78, 5) is 37.9. The van der Waals surface area contributed by atoms with E-state index in [9.17, 15) is 9.59 Å². The number of imidazole rings is 1. The van der Waals surface area contributed by atoms with Crippen molar-refractivity contribution in [1.82, 2.24) is 19.9 Å². The number of methoxy groups -OCH3 is 1. The van der Waals surface area contributed by atoms with Crippen molar-refractivity contribution in [2.75, 3.05) is 30.4 Å². The number of nitrogens with one attached hydrogen (secondary N) is 3. The zero-order valence-corrected chi connectivity index (χ0v) is 34.0. The maximum absolute atomic E-state index is 14.8. The molecule has 0 bridgehead atoms. The highest BCUT2D eigenvalue weighted by atomic mass is 35.5. The molecule has 0 saturated carbocycles. The van der Waals surface area contributed by atoms with Gasteiger partial charge in [0.1, 0.15) is 17.0 Å². The zero-order valence-electron chi connectivity index (χ0n) is 31.8. The van der Waals surface area contributed by atoms with E-state index in [1.807, 2.05) is 111 Å². The second kappa shape index (κ2) is 16.1. The SMILES string of the molecule is COc1ccc(N2CCC(NC(=O)OC(C)(C)C)CC2)c(NC(=O)c2[nH]c3cc(Cl)ccc3c2-c2c(-c3ccccc3)ncn2[C@@H](C)c2ccc(Cl)cc2Cl)c1. The fraction of sp³-hybridized carbons (Fsp3) is 0.279. The van der Waals surface area contributed by atoms with Gasteiger partial charge in [0, 0.05) is 62.3 Å². The number of ether oxygens (including phenoxy) is 2. The van der Waals surface area contributed by atoms with Crippen LogP contribution in [0.25, 0.3) is 33.4 Å². The monoisotopic (exact) mass is 812 g/mol. The Balaban J connectivity index is 1.29. The molecule has 6 aromatic rings. The summed E-state index contributed by atoms with van der Waals surface area (Å²) in [6, 6.07) is 26.2. The number of nitrogens with zero attached hydrogens (tertiary/aromatic N) is 3. The van der Waals surface area contributed by atoms with Crippen LogP contribution in [0.4, 0.5) is 16.2 Å². The van der Waals surface area contributed by atoms with E-state index in [-0.39, 0.29) is 18.0 Å². The summed E-state index contributed by atoms with van der Waals surface area (Å²) in [5.74, 6) is 0.222. The van der Waals surface area contributed by atoms with E-state index in [0.29, 0.717) is 74.9 Å². The van der Waals surface area contributed by atoms with Crippen molar-refractivity contribution < 1.29 is 19.1 Å². The first-order valence-electron chi connectivity index (χ1n) is 18.4. The minimum Gasteiger partial charge on any atom is -0.497 e. The molecule has 0 aliphatic carbocycles. The molecule has 0 radical (unpaired) electrons. The lowest BCUT2D eigenvalue weighted by Crippen LogP contribution is -2.46. The van der Waals surface area contributed by atoms with Gasteiger partial charge in [-0.2, -0.15) is 0 Å². The van der Waals surface area contributed by atoms with Gasteiger partial charge in [-0.1, -0.05) is 77.3 Å². The lowest BCUT2D eigenvalue weighted by Gasteiger charge is -2.35. The number of piperidine rings is 1. The number of benzene rings is 4. The molecule has 290 valence electrons. The molecule has 1 aliphatic heterocycles. The van der Waals surface area contributed by atoms with E-state index in [2.05, 4.69) is 20.5 Å². The van der Waals surface area contributed by atoms with Gasteiger partial charge in [-0.05, 0) is 82.5 Å². The van der Waals surface area contributed by atoms with Crippen LogP contribution in [0.5, 0.6) is 5.75 Å². The van der Waals surface area contributed by atoms with Crippen molar-refractivity contribution in [3.63, 3.8) is 0 Å². The molecule has 13 heteroatoms. The fourth-order valence-electron chi connectivity index (χ4n) is 7.23. The first kappa shape index (κ1) is 39.1. The van der Waals surface area contributed by atoms with E-state index in [1.165, 1.54) is 0 Å². The summed E-state index contributed by atoms with van der Waals surface area (Å²) in [6.07, 6.45) is 2.76. The Labute approximate surface area is 341 Å². The number of carbonyl (C=O) groups excluding carboxylic acids is 2. The summed E-state index contributed by atoms with van der Waals surface area (Å²) < 4.78 is 13.1. The van der Waals surface area contributed by atoms with Gasteiger partial charge in [0.15, 0.2) is 0 Å². The van der Waals surface area contributed by atoms with Crippen LogP contribution in [-0.2, 0) is 4.74 Å². The predicted molar refractivity (Wildman–Crippen MR) is 226 cm³/mol. The maximum atomic E-state index is 14.8. The lowest BCUT2D eigenvalue weighted by molar-refractivity contribution is 0.0497. The zero-order chi connectivity index (χ0) is 39.7. The van der Waals surface area contributed by atoms with E-state index in [4.69, 9.17) is 49.3 Å². The third kappa shape index (κ3) is 8.33. The van der Waals surface area contributed by atoms with Crippen molar-refractivity contribution >= 4 is 69.1 Å². The van der Waals surface area contributed by atoms with Gasteiger partial charge in [0.25, 0.3) is 5.91 Å². The van der Waals surface area contributed by atoms with E-state index >= 15 is 0 Å². The molecule has 2 amide bonds. The number of rotatable bonds is 9. The van der Waals surface area contributed by atoms with E-state index in [1.54, 1.807) is 19.5 Å². The van der Waals surface area contributed by atoms with E-state index in [0.717, 1.165) is 27.9 Å². The molecule has 2 aromatic heterocycles. The van der Waals surface area contributed by atoms with Gasteiger partial charge in [-0.15, -0.1) is 0 Å². The van der Waals surface area contributed by atoms with Crippen LogP contribution in [0.2, 0.25) is 15.1 Å². The fourth-order valence-corrected chi connectivity index (χ4v) is 7.97. The molecule has 1 saturated heterocycles. The van der Waals surface area contributed by atoms with Crippen LogP contribution in [0, 0.1) is 0 Å². The molecule has 1 atom stereocenters. The Morgan fingerprint density at radius 2 is 1.64 bits per heavy atom. The number of H-pyrrole nitrogens is 1. The Morgan fingerprint density at radius 1 is 0.929 bits per heavy atom. The van der Waals surface area contributed by atoms with Crippen LogP contribution in [0.1, 0.15) is 62.6 Å². The average molecular weight is 814 g/mol. The summed E-state index contributed by atoms with van der Waals surface area (Å²) in [5, 5.41) is 8.59. The number of aromatic amines is 1. The molecular formula is C43H43Cl3N6O4. The normalized spacial score (nSPS) is 14.1. The van der Waals surface area contributed by atoms with Crippen molar-refractivity contribution in [3.8, 4) is 28.3 Å². The Bertz CT molecular complexity index is 2400. The molecular weight excluding hydrogens is 771 g/mol. The molecule has 3 heterocycles. The maximum Gasteiger partial charge on any atom is 0.407 e. The molecule has 0 spiro atoms. The Morgan fingerprint density at radius 3 is 2.34 bits per heavy atom. The van der Waals surface area contributed by atoms with Gasteiger partial charge in [0.05, 0.1) is 42.2 Å². The van der Waals surface area contributed by atoms with Gasteiger partial charge in [-0.3, -0.25) is 4.79 Å². The third-order valence-electron chi connectivity index (χ3n) is 9.90. The summed E-state index contributed by atoms with van der Waals surface area (Å²) in [7, 11) is 1.59. The smallest absolute Gasteiger partial charge is 0.407 e. The van der Waals surface area contributed by atoms with Crippen molar-refractivity contribution in [1.29, 1.82) is 0 Å². The average Bonchev–Trinajstić information content (AvgIpc) is 3.76. The lowest BCUT2D eigenvalue weighted by atomic mass is 9.99. The Kier molecular flexibility index (Phi) is 11.3. The molecule has 10 nitrogen and oxygen atoms in total. The molecule has 1 aliphatic rings. The number of alkyl carbamates (subject to hydrolysis) is 1. The van der Waals surface area contributed by atoms with Crippen LogP contribution in [0.15, 0.2) is 91.3 Å². The highest BCUT2D eigenvalue weighted by Crippen LogP contribution is 2.43. The standard InChI is InChI=1S/C43H43Cl3N6O4/c1-25(31-14-11-27(44)21-33(31)46)52-24-47-38(26-9-7-6-8-10-26)40(52)37-32-15-12-28(45)22-34(32)49-39(37)41(53)50-35-23-30(55-5)13-16-36(35)51-19-17-29(18-20-51)48-42(54)56-43(2,3)4/h6-16,21-25,29,49H,17-20H2,1-5H3,(H,48,54)(H,50,53)/t25-/m0/s1. The second-order valence-corrected chi connectivity index (χ2v) is 16.1. The number of hydrogen-bond acceptors (Lipinski definition) is 6. The number of hydrogen-bond donors (Lipinski definition) is 3. The number of anilines is 2. The van der Waals surface area contributed by atoms with Gasteiger partial charge >= 0.3 is 6.09 Å². The van der Waals surface area contributed by atoms with Gasteiger partial charge in [0.2, 0.25) is 0 Å². The Hall–Kier alpha value is -5.16. The largest absolute Gasteiger partial charge is 0.497 e. The minimum atomic E-state index is -0.580. The third-order valence-corrected chi connectivity index (χ3v) is 10.7. The van der Waals surface area contributed by atoms with E-state index < -0.39 is 11.7 Å². The highest BCUT2D eigenvalue weighted by Gasteiger charge is 2.30. The molecule has 4 aromatic carbocycles. The summed E-state index contributed by atoms with van der Waals surface area (Å²) in [6.45, 7) is 8.87. The van der Waals surface area contributed by atoms with Crippen LogP contribution in [-0.4, -0.2) is 58.4 Å². The molecule has 3 N–H and O–H groups in total. The number of aromatic nitrogens is 3. The van der Waals surface area contributed by atoms with Gasteiger partial charge < -0.3 is 34.6 Å². The number of fused-ring (bicyclic) bond motifs is 1. The van der Waals surface area contributed by atoms with Crippen LogP contribution in [0.3, 0.4) is 0 Å². The quantitative estimate of drug-likeness (QED) is 0.134. The van der Waals surface area contributed by atoms with Crippen molar-refractivity contribution in [2.24, 2.45) is 0 Å². The first-order valence-corrected chi connectivity index (χ1v) is 19.6. The molecule has 7 rings (SSSR count). The first-order chi connectivity index (χ1) is 26.8. The topological polar surface area (TPSA) is 114 Å². The van der Waals surface area contributed by atoms with Crippen LogP contribution >= 0.6 is 34.8 Å². The predicted octanol–water partition coefficient (Wildman–Crippen LogP) is 11.0. The number of carbonyl (C=O) groups is 2. The summed E-state index contributed by atoms with van der Waals surface area (Å²) >= 11 is 19.6. The minimum absolute atomic E-state index is 0.0353. The van der Waals surface area contributed by atoms with Crippen molar-refractivity contribution in [2.45, 2.75) is 58.2 Å². The second-order valence-electron chi connectivity index (χ2n) is 14.9. The molecule has 0 unspecified atom stereocenters. The van der Waals surface area contributed by atoms with Gasteiger partial charge in [-0.25, -0.2) is 9.78 Å². The summed E-state index contributed by atoms with van der Waals surface area (Å²) in [5.41, 5.74) is 5.63. The van der Waals surface area contributed by atoms with Crippen molar-refractivity contribution in [3.05, 3.63) is 118 Å².